The summed E-state index contributed by atoms with van der Waals surface area (Å²) in [7, 11) is 0. The highest BCUT2D eigenvalue weighted by atomic mass is 16.5. The number of unbranched alkanes of at least 4 members (excludes halogenated alkanes) is 13. The number of carbonyl (C=O) groups excluding carboxylic acids is 2. The fraction of sp³-hybridized carbons (Fsp3) is 0.724. The largest absolute Gasteiger partial charge is 0.466 e. The van der Waals surface area contributed by atoms with E-state index in [0.717, 1.165) is 56.1 Å². The lowest BCUT2D eigenvalue weighted by molar-refractivity contribution is -0.145. The van der Waals surface area contributed by atoms with Gasteiger partial charge >= 0.3 is 11.9 Å². The number of hydrogen-bond acceptors (Lipinski definition) is 4. The van der Waals surface area contributed by atoms with Gasteiger partial charge in [0.25, 0.3) is 0 Å². The maximum Gasteiger partial charge on any atom is 0.306 e. The van der Waals surface area contributed by atoms with Crippen LogP contribution >= 0.6 is 0 Å². The molecule has 4 heteroatoms. The summed E-state index contributed by atoms with van der Waals surface area (Å²) in [6.45, 7) is 5.22. The van der Waals surface area contributed by atoms with E-state index >= 15 is 0 Å². The van der Waals surface area contributed by atoms with Gasteiger partial charge in [-0.1, -0.05) is 108 Å². The normalized spacial score (nSPS) is 10.8. The van der Waals surface area contributed by atoms with Crippen molar-refractivity contribution in [2.45, 2.75) is 130 Å². The number of rotatable bonds is 21. The first-order valence-electron chi connectivity index (χ1n) is 13.5. The molecule has 0 bridgehead atoms. The predicted octanol–water partition coefficient (Wildman–Crippen LogP) is 8.23. The third-order valence-electron chi connectivity index (χ3n) is 6.17. The molecular formula is C29H48O4. The number of esters is 2. The Morgan fingerprint density at radius 3 is 1.70 bits per heavy atom. The molecule has 0 unspecified atom stereocenters. The molecule has 0 N–H and O–H groups in total. The molecule has 0 aliphatic carbocycles. The van der Waals surface area contributed by atoms with Crippen LogP contribution in [0.3, 0.4) is 0 Å². The molecule has 0 aliphatic heterocycles. The molecule has 0 amide bonds. The number of carbonyl (C=O) groups is 2. The van der Waals surface area contributed by atoms with Gasteiger partial charge in [0.15, 0.2) is 0 Å². The first-order valence-corrected chi connectivity index (χ1v) is 13.5. The highest BCUT2D eigenvalue weighted by Crippen LogP contribution is 2.13. The van der Waals surface area contributed by atoms with E-state index < -0.39 is 0 Å². The SMILES string of the molecule is CCCCCCCCCCCOC(=O)CCCCCCCCC(=O)OCc1ccccc1C. The number of benzene rings is 1. The average Bonchev–Trinajstić information content (AvgIpc) is 2.81. The average molecular weight is 461 g/mol. The van der Waals surface area contributed by atoms with Crippen LogP contribution in [0.15, 0.2) is 24.3 Å². The van der Waals surface area contributed by atoms with Gasteiger partial charge in [0, 0.05) is 12.8 Å². The van der Waals surface area contributed by atoms with Gasteiger partial charge in [-0.15, -0.1) is 0 Å². The van der Waals surface area contributed by atoms with Gasteiger partial charge in [-0.2, -0.15) is 0 Å². The van der Waals surface area contributed by atoms with Crippen LogP contribution in [0, 0.1) is 6.92 Å². The molecule has 1 rings (SSSR count). The van der Waals surface area contributed by atoms with E-state index in [1.165, 1.54) is 51.4 Å². The lowest BCUT2D eigenvalue weighted by Gasteiger charge is -2.07. The number of hydrogen-bond donors (Lipinski definition) is 0. The van der Waals surface area contributed by atoms with Crippen molar-refractivity contribution in [1.29, 1.82) is 0 Å². The van der Waals surface area contributed by atoms with Gasteiger partial charge in [-0.05, 0) is 37.3 Å². The van der Waals surface area contributed by atoms with Crippen molar-refractivity contribution < 1.29 is 19.1 Å². The Balaban J connectivity index is 1.83. The molecule has 0 atom stereocenters. The van der Waals surface area contributed by atoms with Gasteiger partial charge in [-0.3, -0.25) is 9.59 Å². The Morgan fingerprint density at radius 1 is 0.636 bits per heavy atom. The highest BCUT2D eigenvalue weighted by Gasteiger charge is 2.05. The zero-order valence-corrected chi connectivity index (χ0v) is 21.4. The molecule has 33 heavy (non-hydrogen) atoms. The summed E-state index contributed by atoms with van der Waals surface area (Å²) in [6.07, 6.45) is 18.5. The molecule has 0 aromatic heterocycles. The van der Waals surface area contributed by atoms with E-state index in [1.807, 2.05) is 31.2 Å². The molecule has 0 saturated heterocycles. The Labute approximate surface area is 202 Å². The minimum absolute atomic E-state index is 0.0500. The molecular weight excluding hydrogens is 412 g/mol. The first-order chi connectivity index (χ1) is 16.1. The van der Waals surface area contributed by atoms with Crippen molar-refractivity contribution in [3.63, 3.8) is 0 Å². The highest BCUT2D eigenvalue weighted by molar-refractivity contribution is 5.69. The number of ether oxygens (including phenoxy) is 2. The fourth-order valence-electron chi connectivity index (χ4n) is 3.92. The van der Waals surface area contributed by atoms with Crippen LogP contribution in [0.5, 0.6) is 0 Å². The minimum Gasteiger partial charge on any atom is -0.466 e. The molecule has 1 aromatic carbocycles. The molecule has 0 fully saturated rings. The second-order valence-electron chi connectivity index (χ2n) is 9.26. The third-order valence-corrected chi connectivity index (χ3v) is 6.17. The smallest absolute Gasteiger partial charge is 0.306 e. The number of aryl methyl sites for hydroxylation is 1. The Kier molecular flexibility index (Phi) is 18.4. The second kappa shape index (κ2) is 20.7. The van der Waals surface area contributed by atoms with Crippen molar-refractivity contribution in [2.24, 2.45) is 0 Å². The van der Waals surface area contributed by atoms with Crippen molar-refractivity contribution in [2.75, 3.05) is 6.61 Å². The molecule has 0 spiro atoms. The minimum atomic E-state index is -0.118. The van der Waals surface area contributed by atoms with Crippen molar-refractivity contribution in [1.82, 2.24) is 0 Å². The first kappa shape index (κ1) is 29.2. The standard InChI is InChI=1S/C29H48O4/c1-3-4-5-6-7-8-11-14-19-24-32-28(30)22-15-12-9-10-13-16-23-29(31)33-25-27-21-18-17-20-26(27)2/h17-18,20-21H,3-16,19,22-25H2,1-2H3. The van der Waals surface area contributed by atoms with Gasteiger partial charge < -0.3 is 9.47 Å². The summed E-state index contributed by atoms with van der Waals surface area (Å²) in [5.41, 5.74) is 2.22. The van der Waals surface area contributed by atoms with Crippen LogP contribution < -0.4 is 0 Å². The van der Waals surface area contributed by atoms with Crippen molar-refractivity contribution >= 4 is 11.9 Å². The van der Waals surface area contributed by atoms with Crippen LogP contribution in [-0.2, 0) is 25.7 Å². The molecule has 0 radical (unpaired) electrons. The third kappa shape index (κ3) is 17.3. The maximum absolute atomic E-state index is 11.9. The molecule has 188 valence electrons. The van der Waals surface area contributed by atoms with E-state index in [4.69, 9.17) is 9.47 Å². The molecule has 4 nitrogen and oxygen atoms in total. The van der Waals surface area contributed by atoms with Crippen LogP contribution in [0.25, 0.3) is 0 Å². The Bertz CT molecular complexity index is 626. The van der Waals surface area contributed by atoms with E-state index in [2.05, 4.69) is 6.92 Å². The topological polar surface area (TPSA) is 52.6 Å². The summed E-state index contributed by atoms with van der Waals surface area (Å²) < 4.78 is 10.7. The second-order valence-corrected chi connectivity index (χ2v) is 9.26. The van der Waals surface area contributed by atoms with E-state index in [1.54, 1.807) is 0 Å². The summed E-state index contributed by atoms with van der Waals surface area (Å²) in [4.78, 5) is 23.7. The lowest BCUT2D eigenvalue weighted by Crippen LogP contribution is -2.05. The van der Waals surface area contributed by atoms with Gasteiger partial charge in [0.1, 0.15) is 6.61 Å². The monoisotopic (exact) mass is 460 g/mol. The quantitative estimate of drug-likeness (QED) is 0.137. The molecule has 0 saturated carbocycles. The van der Waals surface area contributed by atoms with E-state index in [-0.39, 0.29) is 11.9 Å². The van der Waals surface area contributed by atoms with Gasteiger partial charge in [0.2, 0.25) is 0 Å². The van der Waals surface area contributed by atoms with Crippen molar-refractivity contribution in [3.8, 4) is 0 Å². The summed E-state index contributed by atoms with van der Waals surface area (Å²) in [5, 5.41) is 0. The summed E-state index contributed by atoms with van der Waals surface area (Å²) >= 11 is 0. The van der Waals surface area contributed by atoms with Crippen molar-refractivity contribution in [3.05, 3.63) is 35.4 Å². The predicted molar refractivity (Wildman–Crippen MR) is 136 cm³/mol. The molecule has 1 aromatic rings. The Hall–Kier alpha value is -1.84. The zero-order chi connectivity index (χ0) is 24.0. The maximum atomic E-state index is 11.9. The van der Waals surface area contributed by atoms with Crippen LogP contribution in [0.1, 0.15) is 127 Å². The summed E-state index contributed by atoms with van der Waals surface area (Å²) in [6, 6.07) is 7.98. The fourth-order valence-corrected chi connectivity index (χ4v) is 3.92. The zero-order valence-electron chi connectivity index (χ0n) is 21.4. The Morgan fingerprint density at radius 2 is 1.12 bits per heavy atom. The van der Waals surface area contributed by atoms with Crippen LogP contribution in [-0.4, -0.2) is 18.5 Å². The van der Waals surface area contributed by atoms with Crippen LogP contribution in [0.4, 0.5) is 0 Å². The molecule has 0 aliphatic rings. The van der Waals surface area contributed by atoms with Crippen LogP contribution in [0.2, 0.25) is 0 Å². The van der Waals surface area contributed by atoms with Gasteiger partial charge in [-0.25, -0.2) is 0 Å². The lowest BCUT2D eigenvalue weighted by atomic mass is 10.1. The van der Waals surface area contributed by atoms with E-state index in [9.17, 15) is 9.59 Å². The molecule has 0 heterocycles. The van der Waals surface area contributed by atoms with Gasteiger partial charge in [0.05, 0.1) is 6.61 Å². The summed E-state index contributed by atoms with van der Waals surface area (Å²) in [5.74, 6) is -0.168. The van der Waals surface area contributed by atoms with E-state index in [0.29, 0.717) is 26.1 Å².